The molecule has 2 aromatic carbocycles. The van der Waals surface area contributed by atoms with Crippen LogP contribution in [-0.4, -0.2) is 71.2 Å². The number of carbonyl (C=O) groups is 1. The van der Waals surface area contributed by atoms with E-state index in [2.05, 4.69) is 9.88 Å². The standard InChI is InChI=1S/C28H33N3O3/c1-22-25(13-8-14-29-22)20-34-21-26(32)19-30-15-17-31(18-16-30)28(33)27(23-9-4-2-5-10-23)24-11-6-3-7-12-24/h2-14,26-27,32H,15-21H2,1H3. The highest BCUT2D eigenvalue weighted by atomic mass is 16.5. The van der Waals surface area contributed by atoms with Gasteiger partial charge in [0.05, 0.1) is 25.2 Å². The Labute approximate surface area is 201 Å². The van der Waals surface area contributed by atoms with E-state index in [1.54, 1.807) is 6.20 Å². The summed E-state index contributed by atoms with van der Waals surface area (Å²) in [5, 5.41) is 10.4. The largest absolute Gasteiger partial charge is 0.389 e. The molecule has 1 unspecified atom stereocenters. The number of pyridine rings is 1. The quantitative estimate of drug-likeness (QED) is 0.532. The number of aryl methyl sites for hydroxylation is 1. The van der Waals surface area contributed by atoms with Crippen molar-refractivity contribution in [2.24, 2.45) is 0 Å². The normalized spacial score (nSPS) is 15.4. The maximum atomic E-state index is 13.6. The van der Waals surface area contributed by atoms with Gasteiger partial charge in [-0.3, -0.25) is 14.7 Å². The Hall–Kier alpha value is -3.06. The van der Waals surface area contributed by atoms with Gasteiger partial charge in [0, 0.05) is 44.6 Å². The van der Waals surface area contributed by atoms with Crippen LogP contribution in [0, 0.1) is 6.92 Å². The first-order valence-corrected chi connectivity index (χ1v) is 11.9. The number of amides is 1. The molecule has 1 fully saturated rings. The molecule has 6 heteroatoms. The van der Waals surface area contributed by atoms with E-state index in [9.17, 15) is 9.90 Å². The van der Waals surface area contributed by atoms with Crippen molar-refractivity contribution >= 4 is 5.91 Å². The lowest BCUT2D eigenvalue weighted by molar-refractivity contribution is -0.133. The zero-order valence-corrected chi connectivity index (χ0v) is 19.7. The van der Waals surface area contributed by atoms with E-state index < -0.39 is 6.10 Å². The molecule has 4 rings (SSSR count). The Bertz CT molecular complexity index is 998. The fraction of sp³-hybridized carbons (Fsp3) is 0.357. The smallest absolute Gasteiger partial charge is 0.234 e. The van der Waals surface area contributed by atoms with Crippen LogP contribution in [0.5, 0.6) is 0 Å². The van der Waals surface area contributed by atoms with Crippen LogP contribution in [0.3, 0.4) is 0 Å². The number of aliphatic hydroxyl groups is 1. The molecule has 1 N–H and O–H groups in total. The summed E-state index contributed by atoms with van der Waals surface area (Å²) >= 11 is 0. The van der Waals surface area contributed by atoms with Crippen LogP contribution in [0.15, 0.2) is 79.0 Å². The van der Waals surface area contributed by atoms with Crippen molar-refractivity contribution in [2.45, 2.75) is 25.6 Å². The van der Waals surface area contributed by atoms with E-state index >= 15 is 0 Å². The second-order valence-electron chi connectivity index (χ2n) is 8.80. The van der Waals surface area contributed by atoms with Gasteiger partial charge in [-0.2, -0.15) is 0 Å². The Morgan fingerprint density at radius 3 is 2.15 bits per heavy atom. The highest BCUT2D eigenvalue weighted by molar-refractivity contribution is 5.87. The first kappa shape index (κ1) is 24.1. The van der Waals surface area contributed by atoms with Crippen molar-refractivity contribution in [3.05, 3.63) is 101 Å². The minimum Gasteiger partial charge on any atom is -0.389 e. The highest BCUT2D eigenvalue weighted by Gasteiger charge is 2.30. The average Bonchev–Trinajstić information content (AvgIpc) is 2.87. The van der Waals surface area contributed by atoms with Gasteiger partial charge in [-0.1, -0.05) is 66.7 Å². The topological polar surface area (TPSA) is 65.9 Å². The number of β-amino-alcohol motifs (C(OH)–C–C–N with tert-alkyl or cyclic N) is 1. The number of carbonyl (C=O) groups excluding carboxylic acids is 1. The van der Waals surface area contributed by atoms with E-state index in [0.29, 0.717) is 26.2 Å². The predicted octanol–water partition coefficient (Wildman–Crippen LogP) is 3.24. The van der Waals surface area contributed by atoms with Crippen LogP contribution in [0.1, 0.15) is 28.3 Å². The number of hydrogen-bond acceptors (Lipinski definition) is 5. The molecule has 0 spiro atoms. The minimum absolute atomic E-state index is 0.132. The first-order chi connectivity index (χ1) is 16.6. The Morgan fingerprint density at radius 1 is 0.941 bits per heavy atom. The van der Waals surface area contributed by atoms with Crippen LogP contribution < -0.4 is 0 Å². The zero-order chi connectivity index (χ0) is 23.8. The van der Waals surface area contributed by atoms with Gasteiger partial charge in [-0.05, 0) is 29.7 Å². The summed E-state index contributed by atoms with van der Waals surface area (Å²) in [6.45, 7) is 5.98. The molecule has 1 aliphatic rings. The number of aliphatic hydroxyl groups excluding tert-OH is 1. The maximum Gasteiger partial charge on any atom is 0.234 e. The third kappa shape index (κ3) is 6.29. The molecule has 1 atom stereocenters. The summed E-state index contributed by atoms with van der Waals surface area (Å²) in [6, 6.07) is 23.8. The fourth-order valence-corrected chi connectivity index (χ4v) is 4.43. The molecular weight excluding hydrogens is 426 g/mol. The Balaban J connectivity index is 1.28. The van der Waals surface area contributed by atoms with Crippen LogP contribution in [-0.2, 0) is 16.1 Å². The molecule has 178 valence electrons. The molecule has 2 heterocycles. The number of nitrogens with zero attached hydrogens (tertiary/aromatic N) is 3. The SMILES string of the molecule is Cc1ncccc1COCC(O)CN1CCN(C(=O)C(c2ccccc2)c2ccccc2)CC1. The third-order valence-corrected chi connectivity index (χ3v) is 6.35. The molecule has 1 aliphatic heterocycles. The molecule has 3 aromatic rings. The van der Waals surface area contributed by atoms with Gasteiger partial charge in [0.1, 0.15) is 0 Å². The van der Waals surface area contributed by atoms with E-state index in [-0.39, 0.29) is 18.4 Å². The average molecular weight is 460 g/mol. The summed E-state index contributed by atoms with van der Waals surface area (Å²) in [7, 11) is 0. The van der Waals surface area contributed by atoms with Crippen LogP contribution in [0.25, 0.3) is 0 Å². The lowest BCUT2D eigenvalue weighted by atomic mass is 9.90. The molecule has 0 bridgehead atoms. The lowest BCUT2D eigenvalue weighted by Gasteiger charge is -2.37. The highest BCUT2D eigenvalue weighted by Crippen LogP contribution is 2.27. The van der Waals surface area contributed by atoms with Gasteiger partial charge in [-0.25, -0.2) is 0 Å². The summed E-state index contributed by atoms with van der Waals surface area (Å²) in [4.78, 5) is 22.0. The van der Waals surface area contributed by atoms with Crippen LogP contribution >= 0.6 is 0 Å². The number of benzene rings is 2. The molecule has 0 saturated carbocycles. The molecule has 1 saturated heterocycles. The monoisotopic (exact) mass is 459 g/mol. The van der Waals surface area contributed by atoms with E-state index in [1.165, 1.54) is 0 Å². The molecule has 0 radical (unpaired) electrons. The number of rotatable bonds is 9. The summed E-state index contributed by atoms with van der Waals surface area (Å²) < 4.78 is 5.71. The summed E-state index contributed by atoms with van der Waals surface area (Å²) in [5.74, 6) is -0.170. The number of aromatic nitrogens is 1. The van der Waals surface area contributed by atoms with Crippen molar-refractivity contribution in [3.8, 4) is 0 Å². The van der Waals surface area contributed by atoms with Gasteiger partial charge in [0.2, 0.25) is 5.91 Å². The van der Waals surface area contributed by atoms with Crippen LogP contribution in [0.4, 0.5) is 0 Å². The van der Waals surface area contributed by atoms with Crippen LogP contribution in [0.2, 0.25) is 0 Å². The summed E-state index contributed by atoms with van der Waals surface area (Å²) in [5.41, 5.74) is 4.01. The second kappa shape index (κ2) is 11.9. The van der Waals surface area contributed by atoms with Crippen molar-refractivity contribution in [3.63, 3.8) is 0 Å². The first-order valence-electron chi connectivity index (χ1n) is 11.9. The molecule has 0 aliphatic carbocycles. The van der Waals surface area contributed by atoms with E-state index in [4.69, 9.17) is 4.74 Å². The van der Waals surface area contributed by atoms with Crippen molar-refractivity contribution < 1.29 is 14.6 Å². The van der Waals surface area contributed by atoms with Gasteiger partial charge < -0.3 is 14.7 Å². The van der Waals surface area contributed by atoms with Crippen molar-refractivity contribution in [1.82, 2.24) is 14.8 Å². The van der Waals surface area contributed by atoms with Gasteiger partial charge >= 0.3 is 0 Å². The third-order valence-electron chi connectivity index (χ3n) is 6.35. The van der Waals surface area contributed by atoms with E-state index in [0.717, 1.165) is 35.5 Å². The number of piperazine rings is 1. The molecule has 6 nitrogen and oxygen atoms in total. The van der Waals surface area contributed by atoms with Crippen molar-refractivity contribution in [1.29, 1.82) is 0 Å². The molecule has 34 heavy (non-hydrogen) atoms. The minimum atomic E-state index is -0.569. The number of ether oxygens (including phenoxy) is 1. The molecule has 1 aromatic heterocycles. The Kier molecular flexibility index (Phi) is 8.41. The summed E-state index contributed by atoms with van der Waals surface area (Å²) in [6.07, 6.45) is 1.19. The fourth-order valence-electron chi connectivity index (χ4n) is 4.43. The van der Waals surface area contributed by atoms with Gasteiger partial charge in [-0.15, -0.1) is 0 Å². The maximum absolute atomic E-state index is 13.6. The molecule has 1 amide bonds. The predicted molar refractivity (Wildman–Crippen MR) is 132 cm³/mol. The molecular formula is C28H33N3O3. The van der Waals surface area contributed by atoms with Crippen molar-refractivity contribution in [2.75, 3.05) is 39.3 Å². The Morgan fingerprint density at radius 2 is 1.56 bits per heavy atom. The van der Waals surface area contributed by atoms with Gasteiger partial charge in [0.15, 0.2) is 0 Å². The lowest BCUT2D eigenvalue weighted by Crippen LogP contribution is -2.51. The van der Waals surface area contributed by atoms with E-state index in [1.807, 2.05) is 84.6 Å². The second-order valence-corrected chi connectivity index (χ2v) is 8.80. The number of hydrogen-bond donors (Lipinski definition) is 1. The van der Waals surface area contributed by atoms with Gasteiger partial charge in [0.25, 0.3) is 0 Å². The zero-order valence-electron chi connectivity index (χ0n) is 19.7.